The first kappa shape index (κ1) is 14.5. The molecule has 1 aliphatic heterocycles. The first-order valence-electron chi connectivity index (χ1n) is 7.64. The molecule has 2 aromatic heterocycles. The lowest BCUT2D eigenvalue weighted by atomic mass is 10.2. The zero-order chi connectivity index (χ0) is 16.5. The van der Waals surface area contributed by atoms with Gasteiger partial charge in [-0.25, -0.2) is 0 Å². The van der Waals surface area contributed by atoms with Crippen molar-refractivity contribution in [3.05, 3.63) is 54.5 Å². The van der Waals surface area contributed by atoms with Gasteiger partial charge in [-0.2, -0.15) is 0 Å². The second kappa shape index (κ2) is 5.84. The summed E-state index contributed by atoms with van der Waals surface area (Å²) >= 11 is 0. The van der Waals surface area contributed by atoms with Gasteiger partial charge in [-0.05, 0) is 24.3 Å². The molecule has 0 bridgehead atoms. The van der Waals surface area contributed by atoms with Crippen LogP contribution in [0.5, 0.6) is 11.5 Å². The highest BCUT2D eigenvalue weighted by molar-refractivity contribution is 5.94. The molecule has 122 valence electrons. The minimum Gasteiger partial charge on any atom is -0.486 e. The van der Waals surface area contributed by atoms with Gasteiger partial charge in [0.2, 0.25) is 0 Å². The molecule has 0 saturated heterocycles. The molecule has 7 nitrogen and oxygen atoms in total. The van der Waals surface area contributed by atoms with E-state index in [0.717, 1.165) is 5.75 Å². The highest BCUT2D eigenvalue weighted by Gasteiger charge is 2.24. The maximum atomic E-state index is 12.6. The summed E-state index contributed by atoms with van der Waals surface area (Å²) in [5.41, 5.74) is 1.27. The number of hydrogen-bond acceptors (Lipinski definition) is 5. The van der Waals surface area contributed by atoms with Crippen molar-refractivity contribution < 1.29 is 14.3 Å². The Bertz CT molecular complexity index is 892. The van der Waals surface area contributed by atoms with E-state index in [1.54, 1.807) is 41.0 Å². The van der Waals surface area contributed by atoms with Crippen molar-refractivity contribution in [2.24, 2.45) is 0 Å². The van der Waals surface area contributed by atoms with Gasteiger partial charge in [0.15, 0.2) is 23.3 Å². The summed E-state index contributed by atoms with van der Waals surface area (Å²) in [5, 5.41) is 7.74. The van der Waals surface area contributed by atoms with Crippen LogP contribution in [0.4, 0.5) is 0 Å². The zero-order valence-electron chi connectivity index (χ0n) is 13.1. The van der Waals surface area contributed by atoms with Crippen molar-refractivity contribution in [1.29, 1.82) is 0 Å². The van der Waals surface area contributed by atoms with Crippen molar-refractivity contribution >= 4 is 11.6 Å². The number of rotatable bonds is 3. The Morgan fingerprint density at radius 1 is 1.29 bits per heavy atom. The molecule has 4 rings (SSSR count). The van der Waals surface area contributed by atoms with Crippen molar-refractivity contribution in [2.45, 2.75) is 6.10 Å². The van der Waals surface area contributed by atoms with E-state index in [4.69, 9.17) is 9.47 Å². The number of para-hydroxylation sites is 2. The van der Waals surface area contributed by atoms with Crippen LogP contribution in [0.15, 0.2) is 48.9 Å². The van der Waals surface area contributed by atoms with E-state index in [9.17, 15) is 4.79 Å². The molecule has 7 heteroatoms. The molecule has 0 unspecified atom stereocenters. The van der Waals surface area contributed by atoms with E-state index in [1.165, 1.54) is 0 Å². The summed E-state index contributed by atoms with van der Waals surface area (Å²) in [6, 6.07) is 11.0. The van der Waals surface area contributed by atoms with Crippen LogP contribution in [0.2, 0.25) is 0 Å². The van der Waals surface area contributed by atoms with Gasteiger partial charge in [-0.3, -0.25) is 9.20 Å². The molecule has 1 aromatic carbocycles. The minimum atomic E-state index is -0.201. The van der Waals surface area contributed by atoms with Gasteiger partial charge in [0.05, 0.1) is 12.1 Å². The number of amides is 1. The Balaban J connectivity index is 1.46. The smallest absolute Gasteiger partial charge is 0.255 e. The minimum absolute atomic E-state index is 0.0898. The summed E-state index contributed by atoms with van der Waals surface area (Å²) in [6.45, 7) is 0.854. The van der Waals surface area contributed by atoms with Gasteiger partial charge < -0.3 is 14.4 Å². The van der Waals surface area contributed by atoms with Gasteiger partial charge in [-0.1, -0.05) is 12.1 Å². The molecule has 0 N–H and O–H groups in total. The Morgan fingerprint density at radius 3 is 3.00 bits per heavy atom. The van der Waals surface area contributed by atoms with Gasteiger partial charge in [0, 0.05) is 13.2 Å². The normalized spacial score (nSPS) is 16.1. The van der Waals surface area contributed by atoms with Crippen LogP contribution in [0, 0.1) is 0 Å². The van der Waals surface area contributed by atoms with E-state index >= 15 is 0 Å². The first-order chi connectivity index (χ1) is 11.7. The van der Waals surface area contributed by atoms with E-state index < -0.39 is 0 Å². The van der Waals surface area contributed by atoms with Crippen LogP contribution in [-0.2, 0) is 0 Å². The number of pyridine rings is 1. The van der Waals surface area contributed by atoms with Gasteiger partial charge in [-0.15, -0.1) is 10.2 Å². The average Bonchev–Trinajstić information content (AvgIpc) is 3.08. The third-order valence-electron chi connectivity index (χ3n) is 3.93. The van der Waals surface area contributed by atoms with Gasteiger partial charge in [0.1, 0.15) is 12.9 Å². The molecule has 0 radical (unpaired) electrons. The fourth-order valence-electron chi connectivity index (χ4n) is 2.72. The summed E-state index contributed by atoms with van der Waals surface area (Å²) in [4.78, 5) is 14.2. The lowest BCUT2D eigenvalue weighted by Crippen LogP contribution is -2.41. The zero-order valence-corrected chi connectivity index (χ0v) is 13.1. The van der Waals surface area contributed by atoms with Crippen LogP contribution < -0.4 is 9.47 Å². The quantitative estimate of drug-likeness (QED) is 0.732. The van der Waals surface area contributed by atoms with E-state index in [-0.39, 0.29) is 12.0 Å². The van der Waals surface area contributed by atoms with E-state index in [2.05, 4.69) is 10.2 Å². The number of ether oxygens (including phenoxy) is 2. The molecule has 0 saturated carbocycles. The second-order valence-electron chi connectivity index (χ2n) is 5.70. The molecule has 24 heavy (non-hydrogen) atoms. The molecule has 0 spiro atoms. The average molecular weight is 324 g/mol. The molecular formula is C17H16N4O3. The number of carbonyl (C=O) groups excluding carboxylic acids is 1. The van der Waals surface area contributed by atoms with Crippen LogP contribution in [0.3, 0.4) is 0 Å². The molecule has 3 heterocycles. The number of carbonyl (C=O) groups is 1. The van der Waals surface area contributed by atoms with Crippen molar-refractivity contribution in [3.63, 3.8) is 0 Å². The number of hydrogen-bond donors (Lipinski definition) is 0. The third kappa shape index (κ3) is 2.64. The summed E-state index contributed by atoms with van der Waals surface area (Å²) in [5.74, 6) is 1.36. The van der Waals surface area contributed by atoms with Crippen molar-refractivity contribution in [3.8, 4) is 11.5 Å². The summed E-state index contributed by atoms with van der Waals surface area (Å²) in [6.07, 6.45) is 3.09. The number of benzene rings is 1. The monoisotopic (exact) mass is 324 g/mol. The highest BCUT2D eigenvalue weighted by atomic mass is 16.6. The fraction of sp³-hybridized carbons (Fsp3) is 0.235. The Hall–Kier alpha value is -3.09. The first-order valence-corrected chi connectivity index (χ1v) is 7.64. The summed E-state index contributed by atoms with van der Waals surface area (Å²) < 4.78 is 13.3. The van der Waals surface area contributed by atoms with Crippen molar-refractivity contribution in [2.75, 3.05) is 20.2 Å². The second-order valence-corrected chi connectivity index (χ2v) is 5.70. The molecular weight excluding hydrogens is 308 g/mol. The number of aromatic nitrogens is 3. The standard InChI is InChI=1S/C17H16N4O3/c1-20(9-13-10-23-14-4-2-3-5-15(14)24-13)17(22)12-6-7-16-19-18-11-21(16)8-12/h2-8,11,13H,9-10H2,1H3/t13-/m1/s1. The predicted molar refractivity (Wildman–Crippen MR) is 86.3 cm³/mol. The third-order valence-corrected chi connectivity index (χ3v) is 3.93. The topological polar surface area (TPSA) is 69.0 Å². The molecule has 1 aliphatic rings. The molecule has 1 atom stereocenters. The van der Waals surface area contributed by atoms with Crippen LogP contribution in [-0.4, -0.2) is 51.7 Å². The van der Waals surface area contributed by atoms with Crippen molar-refractivity contribution in [1.82, 2.24) is 19.5 Å². The highest BCUT2D eigenvalue weighted by Crippen LogP contribution is 2.31. The molecule has 0 fully saturated rings. The lowest BCUT2D eigenvalue weighted by molar-refractivity contribution is 0.0520. The Morgan fingerprint density at radius 2 is 2.12 bits per heavy atom. The van der Waals surface area contributed by atoms with Crippen LogP contribution in [0.1, 0.15) is 10.4 Å². The maximum absolute atomic E-state index is 12.6. The van der Waals surface area contributed by atoms with Gasteiger partial charge in [0.25, 0.3) is 5.91 Å². The van der Waals surface area contributed by atoms with Crippen LogP contribution in [0.25, 0.3) is 5.65 Å². The number of nitrogens with zero attached hydrogens (tertiary/aromatic N) is 4. The van der Waals surface area contributed by atoms with Crippen LogP contribution >= 0.6 is 0 Å². The SMILES string of the molecule is CN(C[C@@H]1COc2ccccc2O1)C(=O)c1ccc2nncn2c1. The van der Waals surface area contributed by atoms with Gasteiger partial charge >= 0.3 is 0 Å². The van der Waals surface area contributed by atoms with E-state index in [1.807, 2.05) is 24.3 Å². The number of likely N-dealkylation sites (N-methyl/N-ethyl adjacent to an activating group) is 1. The number of fused-ring (bicyclic) bond motifs is 2. The molecule has 1 amide bonds. The predicted octanol–water partition coefficient (Wildman–Crippen LogP) is 1.64. The molecule has 3 aromatic rings. The lowest BCUT2D eigenvalue weighted by Gasteiger charge is -2.29. The van der Waals surface area contributed by atoms with E-state index in [0.29, 0.717) is 30.1 Å². The Kier molecular flexibility index (Phi) is 3.53. The summed E-state index contributed by atoms with van der Waals surface area (Å²) in [7, 11) is 1.75. The fourth-order valence-corrected chi connectivity index (χ4v) is 2.72. The largest absolute Gasteiger partial charge is 0.486 e. The molecule has 0 aliphatic carbocycles. The Labute approximate surface area is 138 Å². The maximum Gasteiger partial charge on any atom is 0.255 e.